The van der Waals surface area contributed by atoms with Crippen molar-refractivity contribution in [2.75, 3.05) is 5.32 Å². The second-order valence-corrected chi connectivity index (χ2v) is 7.80. The number of anilines is 1. The third-order valence-corrected chi connectivity index (χ3v) is 5.88. The molecule has 1 amide bonds. The van der Waals surface area contributed by atoms with Gasteiger partial charge in [-0.15, -0.1) is 0 Å². The minimum atomic E-state index is -4.74. The highest BCUT2D eigenvalue weighted by Crippen LogP contribution is 2.41. The number of benzene rings is 3. The Kier molecular flexibility index (Phi) is 4.48. The highest BCUT2D eigenvalue weighted by Gasteiger charge is 2.39. The molecule has 5 rings (SSSR count). The Bertz CT molecular complexity index is 1260. The summed E-state index contributed by atoms with van der Waals surface area (Å²) in [6, 6.07) is 12.7. The van der Waals surface area contributed by atoms with Gasteiger partial charge >= 0.3 is 6.18 Å². The monoisotopic (exact) mass is 421 g/mol. The molecule has 2 aliphatic carbocycles. The maximum Gasteiger partial charge on any atom is 0.418 e. The van der Waals surface area contributed by atoms with E-state index in [0.717, 1.165) is 34.9 Å². The van der Waals surface area contributed by atoms with Crippen LogP contribution in [0.1, 0.15) is 44.6 Å². The number of hydrogen-bond acceptors (Lipinski definition) is 2. The Morgan fingerprint density at radius 3 is 2.55 bits per heavy atom. The molecule has 6 heteroatoms. The first-order chi connectivity index (χ1) is 14.8. The zero-order valence-electron chi connectivity index (χ0n) is 16.3. The molecule has 3 aromatic carbocycles. The summed E-state index contributed by atoms with van der Waals surface area (Å²) in [4.78, 5) is 13.0. The van der Waals surface area contributed by atoms with Crippen LogP contribution in [0.4, 0.5) is 18.9 Å². The average molecular weight is 421 g/mol. The van der Waals surface area contributed by atoms with Gasteiger partial charge in [0.05, 0.1) is 0 Å². The third kappa shape index (κ3) is 3.33. The van der Waals surface area contributed by atoms with Gasteiger partial charge in [0.25, 0.3) is 5.91 Å². The normalized spacial score (nSPS) is 17.6. The molecule has 0 radical (unpaired) electrons. The summed E-state index contributed by atoms with van der Waals surface area (Å²) in [7, 11) is 0. The highest BCUT2D eigenvalue weighted by atomic mass is 19.4. The fraction of sp³-hybridized carbons (Fsp3) is 0.160. The number of alkyl halides is 3. The second-order valence-electron chi connectivity index (χ2n) is 7.80. The van der Waals surface area contributed by atoms with E-state index in [4.69, 9.17) is 0 Å². The molecule has 0 bridgehead atoms. The van der Waals surface area contributed by atoms with Crippen LogP contribution in [0.3, 0.4) is 0 Å². The van der Waals surface area contributed by atoms with Crippen LogP contribution in [0.5, 0.6) is 0 Å². The number of rotatable bonds is 3. The third-order valence-electron chi connectivity index (χ3n) is 5.88. The second kappa shape index (κ2) is 7.10. The zero-order valence-corrected chi connectivity index (χ0v) is 16.3. The Balaban J connectivity index is 1.47. The van der Waals surface area contributed by atoms with Crippen LogP contribution in [0, 0.1) is 0 Å². The van der Waals surface area contributed by atoms with E-state index in [9.17, 15) is 23.1 Å². The average Bonchev–Trinajstić information content (AvgIpc) is 2.76. The van der Waals surface area contributed by atoms with Gasteiger partial charge in [0.2, 0.25) is 0 Å². The first-order valence-electron chi connectivity index (χ1n) is 9.92. The van der Waals surface area contributed by atoms with E-state index < -0.39 is 12.3 Å². The lowest BCUT2D eigenvalue weighted by Gasteiger charge is -2.26. The lowest BCUT2D eigenvalue weighted by atomic mass is 9.78. The van der Waals surface area contributed by atoms with E-state index in [2.05, 4.69) is 35.7 Å². The predicted molar refractivity (Wildman–Crippen MR) is 114 cm³/mol. The van der Waals surface area contributed by atoms with E-state index in [1.54, 1.807) is 6.07 Å². The molecule has 31 heavy (non-hydrogen) atoms. The first-order valence-corrected chi connectivity index (χ1v) is 9.92. The SMILES string of the molecule is O=C(Nc1ccc(C(O)C(F)(F)F)cc1)c1ccc2c3c4c(ccc13)CC=CC4C=C2. The van der Waals surface area contributed by atoms with Gasteiger partial charge in [0.15, 0.2) is 6.10 Å². The van der Waals surface area contributed by atoms with Gasteiger partial charge in [-0.2, -0.15) is 13.2 Å². The standard InChI is InChI=1S/C25H18F3NO2/c26-25(27,28)23(30)17-6-10-18(11-7-17)29-24(31)20-13-9-16-5-4-14-2-1-3-15-8-12-19(20)22(16)21(14)15/h1-2,4-14,23,30H,3H2,(H,29,31). The van der Waals surface area contributed by atoms with E-state index in [1.807, 2.05) is 12.1 Å². The topological polar surface area (TPSA) is 49.3 Å². The summed E-state index contributed by atoms with van der Waals surface area (Å²) in [5, 5.41) is 14.0. The number of carbonyl (C=O) groups excluding carboxylic acids is 1. The van der Waals surface area contributed by atoms with Crippen LogP contribution < -0.4 is 5.32 Å². The summed E-state index contributed by atoms with van der Waals surface area (Å²) in [5.74, 6) is -0.140. The van der Waals surface area contributed by atoms with Gasteiger partial charge in [-0.1, -0.05) is 54.6 Å². The van der Waals surface area contributed by atoms with Crippen LogP contribution in [-0.4, -0.2) is 17.2 Å². The molecule has 2 atom stereocenters. The van der Waals surface area contributed by atoms with Crippen molar-refractivity contribution >= 4 is 28.4 Å². The predicted octanol–water partition coefficient (Wildman–Crippen LogP) is 5.91. The number of halogens is 3. The van der Waals surface area contributed by atoms with Gasteiger partial charge in [-0.25, -0.2) is 0 Å². The van der Waals surface area contributed by atoms with Crippen LogP contribution in [0.2, 0.25) is 0 Å². The van der Waals surface area contributed by atoms with E-state index in [0.29, 0.717) is 11.3 Å². The molecule has 0 heterocycles. The smallest absolute Gasteiger partial charge is 0.379 e. The molecular weight excluding hydrogens is 403 g/mol. The van der Waals surface area contributed by atoms with E-state index in [1.165, 1.54) is 23.3 Å². The summed E-state index contributed by atoms with van der Waals surface area (Å²) in [6.07, 6.45) is 2.13. The van der Waals surface area contributed by atoms with Crippen LogP contribution in [0.15, 0.2) is 66.8 Å². The van der Waals surface area contributed by atoms with Crippen molar-refractivity contribution in [2.24, 2.45) is 0 Å². The van der Waals surface area contributed by atoms with Crippen molar-refractivity contribution in [3.05, 3.63) is 94.6 Å². The summed E-state index contributed by atoms with van der Waals surface area (Å²) in [6.45, 7) is 0. The molecule has 2 aliphatic rings. The number of hydrogen-bond donors (Lipinski definition) is 2. The van der Waals surface area contributed by atoms with Gasteiger partial charge in [0, 0.05) is 17.2 Å². The molecule has 3 nitrogen and oxygen atoms in total. The van der Waals surface area contributed by atoms with Gasteiger partial charge in [-0.3, -0.25) is 4.79 Å². The van der Waals surface area contributed by atoms with Gasteiger partial charge < -0.3 is 10.4 Å². The van der Waals surface area contributed by atoms with Crippen LogP contribution in [-0.2, 0) is 6.42 Å². The highest BCUT2D eigenvalue weighted by molar-refractivity contribution is 6.15. The van der Waals surface area contributed by atoms with Crippen molar-refractivity contribution in [1.82, 2.24) is 0 Å². The molecule has 156 valence electrons. The van der Waals surface area contributed by atoms with Gasteiger partial charge in [-0.05, 0) is 57.6 Å². The van der Waals surface area contributed by atoms with Crippen molar-refractivity contribution in [3.63, 3.8) is 0 Å². The zero-order chi connectivity index (χ0) is 21.8. The number of amides is 1. The number of allylic oxidation sites excluding steroid dienone is 3. The largest absolute Gasteiger partial charge is 0.418 e. The molecule has 2 N–H and O–H groups in total. The Labute approximate surface area is 176 Å². The van der Waals surface area contributed by atoms with Crippen LogP contribution in [0.25, 0.3) is 16.8 Å². The fourth-order valence-electron chi connectivity index (χ4n) is 4.38. The maximum absolute atomic E-state index is 13.0. The number of nitrogens with one attached hydrogen (secondary N) is 1. The van der Waals surface area contributed by atoms with E-state index in [-0.39, 0.29) is 17.4 Å². The lowest BCUT2D eigenvalue weighted by Crippen LogP contribution is -2.20. The number of aliphatic hydroxyl groups excluding tert-OH is 1. The van der Waals surface area contributed by atoms with Crippen molar-refractivity contribution < 1.29 is 23.1 Å². The van der Waals surface area contributed by atoms with Gasteiger partial charge in [0.1, 0.15) is 0 Å². The quantitative estimate of drug-likeness (QED) is 0.517. The van der Waals surface area contributed by atoms with Crippen molar-refractivity contribution in [3.8, 4) is 0 Å². The summed E-state index contributed by atoms with van der Waals surface area (Å²) < 4.78 is 38.0. The lowest BCUT2D eigenvalue weighted by molar-refractivity contribution is -0.206. The molecule has 0 saturated heterocycles. The Morgan fingerprint density at radius 1 is 1.03 bits per heavy atom. The molecule has 2 unspecified atom stereocenters. The fourth-order valence-corrected chi connectivity index (χ4v) is 4.38. The molecule has 3 aromatic rings. The van der Waals surface area contributed by atoms with Crippen molar-refractivity contribution in [2.45, 2.75) is 24.6 Å². The summed E-state index contributed by atoms with van der Waals surface area (Å²) >= 11 is 0. The molecule has 0 spiro atoms. The molecule has 0 aliphatic heterocycles. The molecule has 0 saturated carbocycles. The molecular formula is C25H18F3NO2. The van der Waals surface area contributed by atoms with E-state index >= 15 is 0 Å². The minimum Gasteiger partial charge on any atom is -0.379 e. The molecule has 0 fully saturated rings. The molecule has 0 aromatic heterocycles. The summed E-state index contributed by atoms with van der Waals surface area (Å²) in [5.41, 5.74) is 4.13. The minimum absolute atomic E-state index is 0.200. The first kappa shape index (κ1) is 19.6. The Morgan fingerprint density at radius 2 is 1.81 bits per heavy atom. The number of aliphatic hydroxyl groups is 1. The van der Waals surface area contributed by atoms with Crippen molar-refractivity contribution in [1.29, 1.82) is 0 Å². The maximum atomic E-state index is 13.0. The van der Waals surface area contributed by atoms with Crippen LogP contribution >= 0.6 is 0 Å². The number of carbonyl (C=O) groups is 1. The Hall–Kier alpha value is -3.38.